The summed E-state index contributed by atoms with van der Waals surface area (Å²) in [6.07, 6.45) is 18.6. The van der Waals surface area contributed by atoms with Gasteiger partial charge in [0.1, 0.15) is 5.71 Å². The smallest absolute Gasteiger partial charge is 0.124 e. The van der Waals surface area contributed by atoms with E-state index in [0.29, 0.717) is 16.5 Å². The van der Waals surface area contributed by atoms with E-state index in [4.69, 9.17) is 10.5 Å². The minimum absolute atomic E-state index is 0.0856. The highest BCUT2D eigenvalue weighted by molar-refractivity contribution is 6.67. The number of hydrazone groups is 1. The third-order valence-electron chi connectivity index (χ3n) is 10.1. The van der Waals surface area contributed by atoms with E-state index in [9.17, 15) is 0 Å². The molecule has 0 aliphatic heterocycles. The molecule has 5 saturated carbocycles. The second kappa shape index (κ2) is 7.03. The first kappa shape index (κ1) is 20.5. The average Bonchev–Trinajstić information content (AvgIpc) is 3.46. The molecule has 0 amide bonds. The molecule has 6 rings (SSSR count). The second-order valence-corrected chi connectivity index (χ2v) is 11.5. The lowest BCUT2D eigenvalue weighted by Crippen LogP contribution is -2.63. The summed E-state index contributed by atoms with van der Waals surface area (Å²) in [7, 11) is 1.81. The van der Waals surface area contributed by atoms with Gasteiger partial charge < -0.3 is 10.8 Å². The van der Waals surface area contributed by atoms with Crippen LogP contribution in [0, 0.1) is 39.9 Å². The van der Waals surface area contributed by atoms with Crippen LogP contribution >= 0.6 is 0 Å². The molecule has 0 spiro atoms. The van der Waals surface area contributed by atoms with E-state index >= 15 is 0 Å². The number of nitrogens with one attached hydrogen (secondary N) is 2. The Kier molecular flexibility index (Phi) is 4.79. The Labute approximate surface area is 182 Å². The summed E-state index contributed by atoms with van der Waals surface area (Å²) in [4.78, 5) is 4.36. The first-order chi connectivity index (χ1) is 14.4. The van der Waals surface area contributed by atoms with Crippen LogP contribution < -0.4 is 5.43 Å². The minimum Gasteiger partial charge on any atom is -0.303 e. The highest BCUT2D eigenvalue weighted by Crippen LogP contribution is 2.76. The predicted octanol–water partition coefficient (Wildman–Crippen LogP) is 5.78. The van der Waals surface area contributed by atoms with Gasteiger partial charge in [-0.25, -0.2) is 0 Å². The third-order valence-corrected chi connectivity index (χ3v) is 10.1. The Morgan fingerprint density at radius 2 is 1.87 bits per heavy atom. The normalized spacial score (nSPS) is 47.5. The summed E-state index contributed by atoms with van der Waals surface area (Å²) < 4.78 is 0. The molecule has 0 aromatic rings. The zero-order valence-corrected chi connectivity index (χ0v) is 19.4. The topological polar surface area (TPSA) is 60.6 Å². The first-order valence-electron chi connectivity index (χ1n) is 12.4. The second-order valence-electron chi connectivity index (χ2n) is 11.5. The van der Waals surface area contributed by atoms with Gasteiger partial charge in [-0.3, -0.25) is 4.99 Å². The molecule has 5 unspecified atom stereocenters. The molecule has 6 aliphatic rings. The van der Waals surface area contributed by atoms with E-state index < -0.39 is 0 Å². The average molecular weight is 409 g/mol. The van der Waals surface area contributed by atoms with Crippen LogP contribution in [0.5, 0.6) is 0 Å². The molecular formula is C26H40N4. The largest absolute Gasteiger partial charge is 0.303 e. The summed E-state index contributed by atoms with van der Waals surface area (Å²) in [6.45, 7) is 6.46. The van der Waals surface area contributed by atoms with Crippen molar-refractivity contribution in [3.8, 4) is 0 Å². The van der Waals surface area contributed by atoms with Gasteiger partial charge in [-0.05, 0) is 81.5 Å². The fourth-order valence-corrected chi connectivity index (χ4v) is 8.64. The van der Waals surface area contributed by atoms with Gasteiger partial charge in [-0.2, -0.15) is 5.10 Å². The Balaban J connectivity index is 1.64. The summed E-state index contributed by atoms with van der Waals surface area (Å²) in [6, 6.07) is 0. The summed E-state index contributed by atoms with van der Waals surface area (Å²) >= 11 is 0. The van der Waals surface area contributed by atoms with E-state index in [1.807, 2.05) is 20.9 Å². The van der Waals surface area contributed by atoms with Gasteiger partial charge in [0.15, 0.2) is 0 Å². The molecule has 7 atom stereocenters. The van der Waals surface area contributed by atoms with Gasteiger partial charge in [-0.1, -0.05) is 44.8 Å². The Bertz CT molecular complexity index is 825. The van der Waals surface area contributed by atoms with Crippen LogP contribution in [0.4, 0.5) is 0 Å². The van der Waals surface area contributed by atoms with Crippen molar-refractivity contribution in [1.82, 2.24) is 5.43 Å². The van der Waals surface area contributed by atoms with E-state index in [2.05, 4.69) is 29.5 Å². The monoisotopic (exact) mass is 408 g/mol. The van der Waals surface area contributed by atoms with Gasteiger partial charge in [0.25, 0.3) is 0 Å². The SMILES string of the molecule is CN=C(C)C(=NN[C@@]12CCCC(C)(CC3CCCCC31)[C@@H]1C=CCC23CC13)C(C)=N. The minimum atomic E-state index is 0.0856. The molecule has 0 heterocycles. The van der Waals surface area contributed by atoms with Gasteiger partial charge in [0.05, 0.1) is 17.0 Å². The number of fused-ring (bicyclic) bond motifs is 2. The summed E-state index contributed by atoms with van der Waals surface area (Å²) in [5, 5.41) is 13.3. The molecule has 0 aromatic carbocycles. The van der Waals surface area contributed by atoms with Gasteiger partial charge in [0.2, 0.25) is 0 Å². The highest BCUT2D eigenvalue weighted by Gasteiger charge is 2.74. The maximum atomic E-state index is 8.30. The van der Waals surface area contributed by atoms with Gasteiger partial charge in [-0.15, -0.1) is 0 Å². The number of allylic oxidation sites excluding steroid dienone is 2. The van der Waals surface area contributed by atoms with Crippen LogP contribution in [0.15, 0.2) is 22.2 Å². The fraction of sp³-hybridized carbons (Fsp3) is 0.808. The molecule has 4 heteroatoms. The lowest BCUT2D eigenvalue weighted by Gasteiger charge is -2.59. The third kappa shape index (κ3) is 2.74. The van der Waals surface area contributed by atoms with Crippen molar-refractivity contribution in [2.24, 2.45) is 44.6 Å². The molecule has 0 radical (unpaired) electrons. The molecule has 2 N–H and O–H groups in total. The molecule has 30 heavy (non-hydrogen) atoms. The Morgan fingerprint density at radius 1 is 1.07 bits per heavy atom. The Morgan fingerprint density at radius 3 is 2.63 bits per heavy atom. The lowest BCUT2D eigenvalue weighted by molar-refractivity contribution is -0.0587. The van der Waals surface area contributed by atoms with Crippen LogP contribution in [-0.4, -0.2) is 29.7 Å². The Hall–Kier alpha value is -1.45. The van der Waals surface area contributed by atoms with Crippen LogP contribution in [0.2, 0.25) is 0 Å². The number of aliphatic imine (C=N–C) groups is 1. The standard InChI is InChI=1S/C26H40N4/c1-17(27)23(18(2)28-4)29-30-26-14-8-12-24(3,15-19-9-5-6-10-20(19)26)21-11-7-13-25(26)16-22(21)25/h7,11,19-22,27,30H,5-6,8-10,12-16H2,1-4H3/t19?,20?,21-,22?,24?,25?,26+/m1/s1. The molecule has 0 saturated heterocycles. The van der Waals surface area contributed by atoms with Crippen LogP contribution in [0.25, 0.3) is 0 Å². The lowest BCUT2D eigenvalue weighted by atomic mass is 9.48. The maximum absolute atomic E-state index is 8.30. The van der Waals surface area contributed by atoms with Gasteiger partial charge in [0, 0.05) is 12.5 Å². The van der Waals surface area contributed by atoms with Crippen molar-refractivity contribution in [2.45, 2.75) is 90.5 Å². The highest BCUT2D eigenvalue weighted by atomic mass is 15.4. The zero-order valence-electron chi connectivity index (χ0n) is 19.4. The van der Waals surface area contributed by atoms with E-state index in [1.165, 1.54) is 64.2 Å². The van der Waals surface area contributed by atoms with Crippen molar-refractivity contribution in [3.05, 3.63) is 12.2 Å². The van der Waals surface area contributed by atoms with E-state index in [-0.39, 0.29) is 5.54 Å². The molecular weight excluding hydrogens is 368 g/mol. The van der Waals surface area contributed by atoms with Crippen molar-refractivity contribution in [3.63, 3.8) is 0 Å². The molecule has 4 nitrogen and oxygen atoms in total. The molecule has 6 aliphatic carbocycles. The van der Waals surface area contributed by atoms with Gasteiger partial charge >= 0.3 is 0 Å². The van der Waals surface area contributed by atoms with E-state index in [0.717, 1.165) is 35.1 Å². The van der Waals surface area contributed by atoms with Crippen molar-refractivity contribution < 1.29 is 0 Å². The fourth-order valence-electron chi connectivity index (χ4n) is 8.64. The molecule has 4 bridgehead atoms. The van der Waals surface area contributed by atoms with Crippen LogP contribution in [-0.2, 0) is 0 Å². The quantitative estimate of drug-likeness (QED) is 0.345. The predicted molar refractivity (Wildman–Crippen MR) is 126 cm³/mol. The van der Waals surface area contributed by atoms with E-state index in [1.54, 1.807) is 0 Å². The number of hydrogen-bond donors (Lipinski definition) is 2. The molecule has 164 valence electrons. The first-order valence-corrected chi connectivity index (χ1v) is 12.4. The van der Waals surface area contributed by atoms with Crippen molar-refractivity contribution in [2.75, 3.05) is 7.05 Å². The van der Waals surface area contributed by atoms with Crippen molar-refractivity contribution in [1.29, 1.82) is 5.41 Å². The number of hydrogen-bond acceptors (Lipinski definition) is 4. The van der Waals surface area contributed by atoms with Crippen LogP contribution in [0.3, 0.4) is 0 Å². The maximum Gasteiger partial charge on any atom is 0.124 e. The molecule has 5 fully saturated rings. The number of nitrogens with zero attached hydrogens (tertiary/aromatic N) is 2. The number of rotatable bonds is 4. The zero-order chi connectivity index (χ0) is 21.1. The van der Waals surface area contributed by atoms with Crippen LogP contribution in [0.1, 0.15) is 85.0 Å². The summed E-state index contributed by atoms with van der Waals surface area (Å²) in [5.74, 6) is 3.12. The van der Waals surface area contributed by atoms with Crippen molar-refractivity contribution >= 4 is 17.1 Å². The summed E-state index contributed by atoms with van der Waals surface area (Å²) in [5.41, 5.74) is 6.97. The molecule has 0 aromatic heterocycles.